The van der Waals surface area contributed by atoms with Crippen LogP contribution in [0.1, 0.15) is 32.4 Å². The molecule has 2 heterocycles. The number of nitrogens with zero attached hydrogens (tertiary/aromatic N) is 1. The molecule has 6 heteroatoms. The second kappa shape index (κ2) is 7.13. The van der Waals surface area contributed by atoms with Crippen molar-refractivity contribution < 1.29 is 14.3 Å². The van der Waals surface area contributed by atoms with Crippen LogP contribution in [0.15, 0.2) is 22.0 Å². The van der Waals surface area contributed by atoms with Gasteiger partial charge in [0.1, 0.15) is 6.04 Å². The van der Waals surface area contributed by atoms with E-state index in [9.17, 15) is 9.59 Å². The van der Waals surface area contributed by atoms with Crippen LogP contribution in [0, 0.1) is 5.92 Å². The van der Waals surface area contributed by atoms with Gasteiger partial charge in [0.15, 0.2) is 0 Å². The average molecular weight is 311 g/mol. The van der Waals surface area contributed by atoms with Crippen molar-refractivity contribution in [1.82, 2.24) is 4.57 Å². The first-order valence-corrected chi connectivity index (χ1v) is 8.20. The summed E-state index contributed by atoms with van der Waals surface area (Å²) in [6.45, 7) is 7.05. The van der Waals surface area contributed by atoms with Gasteiger partial charge in [-0.25, -0.2) is 4.79 Å². The van der Waals surface area contributed by atoms with E-state index in [1.807, 2.05) is 13.8 Å². The lowest BCUT2D eigenvalue weighted by molar-refractivity contribution is -0.149. The van der Waals surface area contributed by atoms with Crippen LogP contribution >= 0.6 is 11.8 Å². The van der Waals surface area contributed by atoms with Gasteiger partial charge in [-0.15, -0.1) is 11.8 Å². The highest BCUT2D eigenvalue weighted by Crippen LogP contribution is 2.36. The van der Waals surface area contributed by atoms with Gasteiger partial charge >= 0.3 is 5.97 Å². The van der Waals surface area contributed by atoms with E-state index < -0.39 is 6.04 Å². The molecule has 1 aliphatic rings. The van der Waals surface area contributed by atoms with Crippen molar-refractivity contribution in [2.75, 3.05) is 19.0 Å². The summed E-state index contributed by atoms with van der Waals surface area (Å²) in [6, 6.07) is 2.74. The molecule has 5 nitrogen and oxygen atoms in total. The molecule has 0 aliphatic carbocycles. The van der Waals surface area contributed by atoms with E-state index in [0.29, 0.717) is 19.8 Å². The maximum Gasteiger partial charge on any atom is 0.329 e. The first-order chi connectivity index (χ1) is 10.1. The van der Waals surface area contributed by atoms with Gasteiger partial charge in [-0.05, 0) is 25.8 Å². The molecular weight excluding hydrogens is 290 g/mol. The van der Waals surface area contributed by atoms with Gasteiger partial charge in [-0.3, -0.25) is 9.36 Å². The largest absolute Gasteiger partial charge is 0.464 e. The van der Waals surface area contributed by atoms with Gasteiger partial charge in [-0.2, -0.15) is 0 Å². The first-order valence-electron chi connectivity index (χ1n) is 7.21. The Balaban J connectivity index is 2.46. The monoisotopic (exact) mass is 311 g/mol. The molecule has 116 valence electrons. The van der Waals surface area contributed by atoms with Gasteiger partial charge in [0.2, 0.25) is 0 Å². The zero-order valence-corrected chi connectivity index (χ0v) is 13.4. The maximum atomic E-state index is 12.3. The summed E-state index contributed by atoms with van der Waals surface area (Å²) in [4.78, 5) is 24.5. The standard InChI is InChI=1S/C15H21NO4S/c1-4-19-8-11-6-7-12(17)16-13(15(18)20-5-2)10(3)9-21-14(11)16/h6-7,10,13H,4-5,8-9H2,1-3H3/t10-,13+/m1/s1. The molecular formula is C15H21NO4S. The van der Waals surface area contributed by atoms with Crippen LogP contribution in [0.4, 0.5) is 0 Å². The van der Waals surface area contributed by atoms with Crippen molar-refractivity contribution in [1.29, 1.82) is 0 Å². The van der Waals surface area contributed by atoms with Crippen molar-refractivity contribution in [2.24, 2.45) is 5.92 Å². The summed E-state index contributed by atoms with van der Waals surface area (Å²) in [5, 5.41) is 0.826. The van der Waals surface area contributed by atoms with Crippen molar-refractivity contribution in [3.8, 4) is 0 Å². The fraction of sp³-hybridized carbons (Fsp3) is 0.600. The molecule has 0 spiro atoms. The van der Waals surface area contributed by atoms with Crippen LogP contribution in [-0.4, -0.2) is 29.5 Å². The number of hydrogen-bond acceptors (Lipinski definition) is 5. The highest BCUT2D eigenvalue weighted by atomic mass is 32.2. The summed E-state index contributed by atoms with van der Waals surface area (Å²) in [5.74, 6) is 0.510. The van der Waals surface area contributed by atoms with E-state index in [1.54, 1.807) is 29.3 Å². The lowest BCUT2D eigenvalue weighted by Crippen LogP contribution is -2.39. The molecule has 0 fully saturated rings. The lowest BCUT2D eigenvalue weighted by atomic mass is 10.0. The van der Waals surface area contributed by atoms with Gasteiger partial charge in [0, 0.05) is 24.0 Å². The third-order valence-electron chi connectivity index (χ3n) is 3.45. The molecule has 0 unspecified atom stereocenters. The molecule has 0 N–H and O–H groups in total. The van der Waals surface area contributed by atoms with Crippen molar-refractivity contribution >= 4 is 17.7 Å². The molecule has 0 saturated heterocycles. The number of carbonyl (C=O) groups excluding carboxylic acids is 1. The smallest absolute Gasteiger partial charge is 0.329 e. The van der Waals surface area contributed by atoms with Crippen LogP contribution < -0.4 is 5.56 Å². The van der Waals surface area contributed by atoms with Crippen molar-refractivity contribution in [2.45, 2.75) is 38.4 Å². The van der Waals surface area contributed by atoms with Crippen LogP contribution in [0.2, 0.25) is 0 Å². The number of thioether (sulfide) groups is 1. The maximum absolute atomic E-state index is 12.3. The third-order valence-corrected chi connectivity index (χ3v) is 4.87. The zero-order valence-electron chi connectivity index (χ0n) is 12.6. The molecule has 1 aliphatic heterocycles. The van der Waals surface area contributed by atoms with E-state index >= 15 is 0 Å². The Morgan fingerprint density at radius 2 is 2.14 bits per heavy atom. The second-order valence-electron chi connectivity index (χ2n) is 4.99. The molecule has 2 atom stereocenters. The Hall–Kier alpha value is -1.27. The molecule has 2 rings (SSSR count). The van der Waals surface area contributed by atoms with E-state index in [2.05, 4.69) is 0 Å². The summed E-state index contributed by atoms with van der Waals surface area (Å²) in [5.41, 5.74) is 0.782. The van der Waals surface area contributed by atoms with E-state index in [0.717, 1.165) is 16.3 Å². The van der Waals surface area contributed by atoms with E-state index in [-0.39, 0.29) is 17.4 Å². The lowest BCUT2D eigenvalue weighted by Gasteiger charge is -2.32. The fourth-order valence-corrected chi connectivity index (χ4v) is 3.71. The van der Waals surface area contributed by atoms with Gasteiger partial charge in [0.05, 0.1) is 18.2 Å². The SMILES string of the molecule is CCOCc1ccc(=O)n2c1SC[C@@H](C)[C@H]2C(=O)OCC. The number of fused-ring (bicyclic) bond motifs is 1. The molecule has 0 amide bonds. The van der Waals surface area contributed by atoms with Crippen LogP contribution in [0.25, 0.3) is 0 Å². The molecule has 1 aromatic heterocycles. The molecule has 1 aromatic rings. The Labute approximate surface area is 128 Å². The Morgan fingerprint density at radius 3 is 2.81 bits per heavy atom. The first kappa shape index (κ1) is 16.1. The highest BCUT2D eigenvalue weighted by Gasteiger charge is 2.35. The van der Waals surface area contributed by atoms with Crippen LogP contribution in [0.3, 0.4) is 0 Å². The summed E-state index contributed by atoms with van der Waals surface area (Å²) in [7, 11) is 0. The minimum Gasteiger partial charge on any atom is -0.464 e. The third kappa shape index (κ3) is 3.32. The van der Waals surface area contributed by atoms with Gasteiger partial charge in [0.25, 0.3) is 5.56 Å². The molecule has 0 bridgehead atoms. The topological polar surface area (TPSA) is 57.5 Å². The van der Waals surface area contributed by atoms with E-state index in [4.69, 9.17) is 9.47 Å². The molecule has 0 aromatic carbocycles. The van der Waals surface area contributed by atoms with Crippen LogP contribution in [-0.2, 0) is 20.9 Å². The number of carbonyl (C=O) groups is 1. The predicted octanol–water partition coefficient (Wildman–Crippen LogP) is 2.23. The Kier molecular flexibility index (Phi) is 5.47. The number of esters is 1. The molecule has 0 saturated carbocycles. The number of ether oxygens (including phenoxy) is 2. The number of pyridine rings is 1. The number of rotatable bonds is 5. The molecule has 0 radical (unpaired) electrons. The number of aromatic nitrogens is 1. The average Bonchev–Trinajstić information content (AvgIpc) is 2.47. The summed E-state index contributed by atoms with van der Waals surface area (Å²) >= 11 is 1.60. The Bertz CT molecular complexity index is 569. The predicted molar refractivity (Wildman–Crippen MR) is 81.6 cm³/mol. The zero-order chi connectivity index (χ0) is 15.4. The Morgan fingerprint density at radius 1 is 1.38 bits per heavy atom. The number of hydrogen-bond donors (Lipinski definition) is 0. The summed E-state index contributed by atoms with van der Waals surface area (Å²) < 4.78 is 12.2. The fourth-order valence-electron chi connectivity index (χ4n) is 2.45. The minimum absolute atomic E-state index is 0.0570. The van der Waals surface area contributed by atoms with E-state index in [1.165, 1.54) is 6.07 Å². The molecule has 21 heavy (non-hydrogen) atoms. The second-order valence-corrected chi connectivity index (χ2v) is 6.00. The van der Waals surface area contributed by atoms with Crippen LogP contribution in [0.5, 0.6) is 0 Å². The minimum atomic E-state index is -0.546. The van der Waals surface area contributed by atoms with Gasteiger partial charge in [-0.1, -0.05) is 6.92 Å². The van der Waals surface area contributed by atoms with Crippen molar-refractivity contribution in [3.63, 3.8) is 0 Å². The van der Waals surface area contributed by atoms with Crippen molar-refractivity contribution in [3.05, 3.63) is 28.0 Å². The van der Waals surface area contributed by atoms with Gasteiger partial charge < -0.3 is 9.47 Å². The quantitative estimate of drug-likeness (QED) is 0.781. The highest BCUT2D eigenvalue weighted by molar-refractivity contribution is 7.99. The normalized spacial score (nSPS) is 20.9. The summed E-state index contributed by atoms with van der Waals surface area (Å²) in [6.07, 6.45) is 0.